The van der Waals surface area contributed by atoms with Crippen molar-refractivity contribution in [1.29, 1.82) is 0 Å². The van der Waals surface area contributed by atoms with Crippen molar-refractivity contribution in [2.75, 3.05) is 7.05 Å². The number of amides is 1. The number of hydrogen-bond donors (Lipinski definition) is 2. The predicted octanol–water partition coefficient (Wildman–Crippen LogP) is 0.447. The highest BCUT2D eigenvalue weighted by Crippen LogP contribution is 2.26. The summed E-state index contributed by atoms with van der Waals surface area (Å²) in [5, 5.41) is 9.62. The van der Waals surface area contributed by atoms with Crippen LogP contribution in [0.3, 0.4) is 0 Å². The fourth-order valence-corrected chi connectivity index (χ4v) is 2.62. The topological polar surface area (TPSA) is 79.5 Å². The molecule has 3 atom stereocenters. The van der Waals surface area contributed by atoms with Crippen LogP contribution >= 0.6 is 0 Å². The van der Waals surface area contributed by atoms with Crippen LogP contribution in [0.15, 0.2) is 18.3 Å². The van der Waals surface area contributed by atoms with E-state index in [1.807, 2.05) is 19.1 Å². The van der Waals surface area contributed by atoms with Crippen LogP contribution in [0.4, 0.5) is 0 Å². The van der Waals surface area contributed by atoms with Crippen molar-refractivity contribution in [3.63, 3.8) is 0 Å². The number of aliphatic hydroxyl groups excluding tert-OH is 1. The van der Waals surface area contributed by atoms with Crippen LogP contribution in [-0.4, -0.2) is 40.1 Å². The predicted molar refractivity (Wildman–Crippen MR) is 72.2 cm³/mol. The number of aliphatic hydroxyl groups is 1. The molecule has 1 amide bonds. The Morgan fingerprint density at radius 2 is 2.32 bits per heavy atom. The van der Waals surface area contributed by atoms with E-state index in [9.17, 15) is 9.90 Å². The maximum absolute atomic E-state index is 12.3. The van der Waals surface area contributed by atoms with Gasteiger partial charge in [-0.15, -0.1) is 0 Å². The Labute approximate surface area is 113 Å². The summed E-state index contributed by atoms with van der Waals surface area (Å²) in [6, 6.07) is 3.61. The first-order chi connectivity index (χ1) is 8.97. The van der Waals surface area contributed by atoms with Gasteiger partial charge in [-0.3, -0.25) is 9.78 Å². The van der Waals surface area contributed by atoms with Gasteiger partial charge in [0.25, 0.3) is 0 Å². The van der Waals surface area contributed by atoms with E-state index < -0.39 is 6.10 Å². The van der Waals surface area contributed by atoms with Gasteiger partial charge in [0.2, 0.25) is 5.91 Å². The molecule has 2 rings (SSSR count). The van der Waals surface area contributed by atoms with Gasteiger partial charge in [-0.25, -0.2) is 0 Å². The summed E-state index contributed by atoms with van der Waals surface area (Å²) in [5.41, 5.74) is 7.75. The number of nitrogens with two attached hydrogens (primary N) is 1. The molecule has 5 heteroatoms. The number of carbonyl (C=O) groups excluding carboxylic acids is 1. The largest absolute Gasteiger partial charge is 0.391 e. The molecular formula is C14H21N3O2. The summed E-state index contributed by atoms with van der Waals surface area (Å²) in [6.07, 6.45) is 2.24. The van der Waals surface area contributed by atoms with Crippen LogP contribution in [0.1, 0.15) is 24.1 Å². The van der Waals surface area contributed by atoms with E-state index in [1.54, 1.807) is 18.1 Å². The van der Waals surface area contributed by atoms with Crippen LogP contribution in [0, 0.1) is 12.8 Å². The normalized spacial score (nSPS) is 26.4. The number of pyridine rings is 1. The van der Waals surface area contributed by atoms with E-state index in [-0.39, 0.29) is 17.9 Å². The summed E-state index contributed by atoms with van der Waals surface area (Å²) in [4.78, 5) is 18.1. The van der Waals surface area contributed by atoms with Gasteiger partial charge in [0.1, 0.15) is 0 Å². The minimum absolute atomic E-state index is 0.0569. The number of aryl methyl sites for hydroxylation is 1. The van der Waals surface area contributed by atoms with Crippen molar-refractivity contribution in [1.82, 2.24) is 9.88 Å². The lowest BCUT2D eigenvalue weighted by molar-refractivity contribution is -0.134. The Morgan fingerprint density at radius 1 is 1.58 bits per heavy atom. The molecule has 1 aliphatic rings. The lowest BCUT2D eigenvalue weighted by Gasteiger charge is -2.21. The second kappa shape index (κ2) is 5.67. The van der Waals surface area contributed by atoms with Crippen LogP contribution < -0.4 is 5.73 Å². The molecule has 0 aliphatic heterocycles. The minimum atomic E-state index is -0.550. The summed E-state index contributed by atoms with van der Waals surface area (Å²) < 4.78 is 0. The second-order valence-electron chi connectivity index (χ2n) is 5.40. The molecule has 0 aromatic carbocycles. The summed E-state index contributed by atoms with van der Waals surface area (Å²) in [5.74, 6) is -0.0978. The maximum Gasteiger partial charge on any atom is 0.225 e. The van der Waals surface area contributed by atoms with Crippen molar-refractivity contribution in [3.8, 4) is 0 Å². The SMILES string of the molecule is Cc1cc(CN(C)C(=O)[C@H]2C[C@@H](N)[C@H](O)C2)ccn1. The van der Waals surface area contributed by atoms with Crippen molar-refractivity contribution in [2.24, 2.45) is 11.7 Å². The average Bonchev–Trinajstić information content (AvgIpc) is 2.68. The Hall–Kier alpha value is -1.46. The summed E-state index contributed by atoms with van der Waals surface area (Å²) in [7, 11) is 1.79. The highest BCUT2D eigenvalue weighted by Gasteiger charge is 2.35. The van der Waals surface area contributed by atoms with Gasteiger partial charge in [-0.2, -0.15) is 0 Å². The smallest absolute Gasteiger partial charge is 0.225 e. The maximum atomic E-state index is 12.3. The van der Waals surface area contributed by atoms with Gasteiger partial charge in [0.15, 0.2) is 0 Å². The molecular weight excluding hydrogens is 242 g/mol. The molecule has 104 valence electrons. The molecule has 1 saturated carbocycles. The van der Waals surface area contributed by atoms with E-state index in [1.165, 1.54) is 0 Å². The standard InChI is InChI=1S/C14H21N3O2/c1-9-5-10(3-4-16-9)8-17(2)14(19)11-6-12(15)13(18)7-11/h3-5,11-13,18H,6-8,15H2,1-2H3/t11-,12+,13+/m0/s1. The molecule has 1 heterocycles. The first kappa shape index (κ1) is 14.0. The Bertz CT molecular complexity index is 454. The molecule has 1 aliphatic carbocycles. The molecule has 0 radical (unpaired) electrons. The van der Waals surface area contributed by atoms with Crippen LogP contribution in [0.25, 0.3) is 0 Å². The van der Waals surface area contributed by atoms with E-state index in [2.05, 4.69) is 4.98 Å². The van der Waals surface area contributed by atoms with Crippen LogP contribution in [0.5, 0.6) is 0 Å². The molecule has 5 nitrogen and oxygen atoms in total. The average molecular weight is 263 g/mol. The third-order valence-electron chi connectivity index (χ3n) is 3.68. The van der Waals surface area contributed by atoms with Gasteiger partial charge in [0.05, 0.1) is 6.10 Å². The number of hydrogen-bond acceptors (Lipinski definition) is 4. The zero-order valence-corrected chi connectivity index (χ0v) is 11.4. The number of carbonyl (C=O) groups is 1. The molecule has 1 fully saturated rings. The van der Waals surface area contributed by atoms with Crippen LogP contribution in [-0.2, 0) is 11.3 Å². The van der Waals surface area contributed by atoms with Crippen LogP contribution in [0.2, 0.25) is 0 Å². The lowest BCUT2D eigenvalue weighted by Crippen LogP contribution is -2.32. The monoisotopic (exact) mass is 263 g/mol. The number of nitrogens with zero attached hydrogens (tertiary/aromatic N) is 2. The molecule has 1 aromatic rings. The van der Waals surface area contributed by atoms with E-state index in [0.717, 1.165) is 11.3 Å². The summed E-state index contributed by atoms with van der Waals surface area (Å²) >= 11 is 0. The molecule has 0 bridgehead atoms. The van der Waals surface area contributed by atoms with Gasteiger partial charge >= 0.3 is 0 Å². The minimum Gasteiger partial charge on any atom is -0.391 e. The van der Waals surface area contributed by atoms with E-state index in [0.29, 0.717) is 19.4 Å². The highest BCUT2D eigenvalue weighted by molar-refractivity contribution is 5.79. The zero-order valence-electron chi connectivity index (χ0n) is 11.4. The van der Waals surface area contributed by atoms with E-state index in [4.69, 9.17) is 5.73 Å². The zero-order chi connectivity index (χ0) is 14.0. The van der Waals surface area contributed by atoms with Crippen molar-refractivity contribution < 1.29 is 9.90 Å². The number of aromatic nitrogens is 1. The molecule has 1 aromatic heterocycles. The lowest BCUT2D eigenvalue weighted by atomic mass is 10.1. The van der Waals surface area contributed by atoms with Gasteiger partial charge in [-0.1, -0.05) is 0 Å². The van der Waals surface area contributed by atoms with Gasteiger partial charge < -0.3 is 15.7 Å². The first-order valence-electron chi connectivity index (χ1n) is 6.57. The first-order valence-corrected chi connectivity index (χ1v) is 6.57. The fraction of sp³-hybridized carbons (Fsp3) is 0.571. The van der Waals surface area contributed by atoms with Crippen molar-refractivity contribution in [2.45, 2.75) is 38.5 Å². The fourth-order valence-electron chi connectivity index (χ4n) is 2.62. The quantitative estimate of drug-likeness (QED) is 0.829. The highest BCUT2D eigenvalue weighted by atomic mass is 16.3. The Kier molecular flexibility index (Phi) is 4.17. The molecule has 0 spiro atoms. The second-order valence-corrected chi connectivity index (χ2v) is 5.40. The van der Waals surface area contributed by atoms with Crippen molar-refractivity contribution >= 4 is 5.91 Å². The van der Waals surface area contributed by atoms with E-state index >= 15 is 0 Å². The van der Waals surface area contributed by atoms with Gasteiger partial charge in [-0.05, 0) is 37.5 Å². The summed E-state index contributed by atoms with van der Waals surface area (Å²) in [6.45, 7) is 2.49. The van der Waals surface area contributed by atoms with Crippen molar-refractivity contribution in [3.05, 3.63) is 29.6 Å². The number of rotatable bonds is 3. The Balaban J connectivity index is 1.96. The third-order valence-corrected chi connectivity index (χ3v) is 3.68. The molecule has 3 N–H and O–H groups in total. The molecule has 0 saturated heterocycles. The Morgan fingerprint density at radius 3 is 2.89 bits per heavy atom. The third kappa shape index (κ3) is 3.30. The van der Waals surface area contributed by atoms with Gasteiger partial charge in [0, 0.05) is 37.4 Å². The molecule has 19 heavy (non-hydrogen) atoms. The molecule has 0 unspecified atom stereocenters.